The van der Waals surface area contributed by atoms with Crippen molar-refractivity contribution in [3.8, 4) is 18.2 Å². The van der Waals surface area contributed by atoms with Gasteiger partial charge in [-0.2, -0.15) is 15.8 Å². The second kappa shape index (κ2) is 6.96. The lowest BCUT2D eigenvalue weighted by Gasteiger charge is -2.12. The summed E-state index contributed by atoms with van der Waals surface area (Å²) in [5, 5.41) is 29.3. The van der Waals surface area contributed by atoms with Crippen molar-refractivity contribution >= 4 is 23.2 Å². The number of amides is 1. The first-order chi connectivity index (χ1) is 9.94. The Hall–Kier alpha value is -3.01. The van der Waals surface area contributed by atoms with E-state index >= 15 is 0 Å². The maximum atomic E-state index is 11.8. The molecule has 0 unspecified atom stereocenters. The third-order valence-corrected chi connectivity index (χ3v) is 2.77. The SMILES string of the molecule is CN(C)C(=O)c1ccc(NC(C#N)=C(C#N)C#N)cc1Cl. The van der Waals surface area contributed by atoms with Gasteiger partial charge in [-0.05, 0) is 18.2 Å². The van der Waals surface area contributed by atoms with E-state index in [-0.39, 0.29) is 22.2 Å². The number of allylic oxidation sites excluding steroid dienone is 2. The first kappa shape index (κ1) is 16.0. The molecule has 1 rings (SSSR count). The molecular formula is C14H10ClN5O. The van der Waals surface area contributed by atoms with E-state index in [0.29, 0.717) is 11.3 Å². The molecule has 0 radical (unpaired) electrons. The predicted octanol–water partition coefficient (Wildman–Crippen LogP) is 2.28. The number of nitrogens with zero attached hydrogens (tertiary/aromatic N) is 4. The van der Waals surface area contributed by atoms with Crippen LogP contribution >= 0.6 is 11.6 Å². The van der Waals surface area contributed by atoms with Crippen LogP contribution in [0.4, 0.5) is 5.69 Å². The van der Waals surface area contributed by atoms with E-state index in [4.69, 9.17) is 27.4 Å². The van der Waals surface area contributed by atoms with Crippen molar-refractivity contribution in [3.63, 3.8) is 0 Å². The van der Waals surface area contributed by atoms with Crippen LogP contribution in [0, 0.1) is 34.0 Å². The van der Waals surface area contributed by atoms with Gasteiger partial charge in [-0.15, -0.1) is 0 Å². The van der Waals surface area contributed by atoms with Gasteiger partial charge in [0.2, 0.25) is 0 Å². The number of nitrogens with one attached hydrogen (secondary N) is 1. The van der Waals surface area contributed by atoms with Crippen LogP contribution in [-0.2, 0) is 0 Å². The second-order valence-corrected chi connectivity index (χ2v) is 4.51. The monoisotopic (exact) mass is 299 g/mol. The van der Waals surface area contributed by atoms with Crippen molar-refractivity contribution in [2.75, 3.05) is 19.4 Å². The highest BCUT2D eigenvalue weighted by molar-refractivity contribution is 6.34. The number of carbonyl (C=O) groups excluding carboxylic acids is 1. The van der Waals surface area contributed by atoms with Gasteiger partial charge in [-0.3, -0.25) is 4.79 Å². The Morgan fingerprint density at radius 1 is 1.19 bits per heavy atom. The zero-order chi connectivity index (χ0) is 16.0. The highest BCUT2D eigenvalue weighted by Gasteiger charge is 2.13. The van der Waals surface area contributed by atoms with E-state index in [1.807, 2.05) is 0 Å². The van der Waals surface area contributed by atoms with Crippen molar-refractivity contribution in [1.29, 1.82) is 15.8 Å². The zero-order valence-corrected chi connectivity index (χ0v) is 12.1. The van der Waals surface area contributed by atoms with Crippen LogP contribution in [0.25, 0.3) is 0 Å². The van der Waals surface area contributed by atoms with Gasteiger partial charge in [0.15, 0.2) is 5.57 Å². The van der Waals surface area contributed by atoms with Gasteiger partial charge in [-0.1, -0.05) is 11.6 Å². The molecule has 0 aliphatic carbocycles. The van der Waals surface area contributed by atoms with Crippen molar-refractivity contribution in [3.05, 3.63) is 40.1 Å². The quantitative estimate of drug-likeness (QED) is 0.862. The smallest absolute Gasteiger partial charge is 0.254 e. The molecule has 1 aromatic carbocycles. The van der Waals surface area contributed by atoms with Crippen molar-refractivity contribution in [2.24, 2.45) is 0 Å². The van der Waals surface area contributed by atoms with Crippen LogP contribution in [-0.4, -0.2) is 24.9 Å². The molecule has 1 N–H and O–H groups in total. The number of benzene rings is 1. The maximum Gasteiger partial charge on any atom is 0.254 e. The fourth-order valence-corrected chi connectivity index (χ4v) is 1.70. The molecule has 0 atom stereocenters. The standard InChI is InChI=1S/C14H10ClN5O/c1-20(2)14(21)11-4-3-10(5-12(11)15)19-13(8-18)9(6-16)7-17/h3-5,19H,1-2H3. The normalized spacial score (nSPS) is 8.76. The molecule has 6 nitrogen and oxygen atoms in total. The molecule has 21 heavy (non-hydrogen) atoms. The Labute approximate surface area is 127 Å². The Kier molecular flexibility index (Phi) is 5.31. The Morgan fingerprint density at radius 3 is 2.24 bits per heavy atom. The molecule has 104 valence electrons. The van der Waals surface area contributed by atoms with Crippen LogP contribution in [0.1, 0.15) is 10.4 Å². The maximum absolute atomic E-state index is 11.8. The van der Waals surface area contributed by atoms with E-state index < -0.39 is 0 Å². The van der Waals surface area contributed by atoms with Crippen LogP contribution in [0.3, 0.4) is 0 Å². The van der Waals surface area contributed by atoms with E-state index in [1.54, 1.807) is 32.3 Å². The summed E-state index contributed by atoms with van der Waals surface area (Å²) in [4.78, 5) is 13.2. The predicted molar refractivity (Wildman–Crippen MR) is 77.0 cm³/mol. The van der Waals surface area contributed by atoms with Crippen molar-refractivity contribution in [1.82, 2.24) is 4.90 Å². The molecule has 0 aliphatic heterocycles. The number of carbonyl (C=O) groups is 1. The third kappa shape index (κ3) is 3.73. The first-order valence-corrected chi connectivity index (χ1v) is 6.05. The summed E-state index contributed by atoms with van der Waals surface area (Å²) in [5.74, 6) is -0.252. The number of halogens is 1. The highest BCUT2D eigenvalue weighted by Crippen LogP contribution is 2.23. The lowest BCUT2D eigenvalue weighted by molar-refractivity contribution is 0.0828. The first-order valence-electron chi connectivity index (χ1n) is 5.67. The Balaban J connectivity index is 3.16. The Bertz CT molecular complexity index is 715. The topological polar surface area (TPSA) is 104 Å². The summed E-state index contributed by atoms with van der Waals surface area (Å²) in [6.07, 6.45) is 0. The number of anilines is 1. The minimum absolute atomic E-state index is 0.178. The molecule has 0 bridgehead atoms. The van der Waals surface area contributed by atoms with Gasteiger partial charge < -0.3 is 10.2 Å². The zero-order valence-electron chi connectivity index (χ0n) is 11.3. The molecule has 1 aromatic rings. The summed E-state index contributed by atoms with van der Waals surface area (Å²) >= 11 is 6.03. The van der Waals surface area contributed by atoms with Crippen molar-refractivity contribution < 1.29 is 4.79 Å². The average molecular weight is 300 g/mol. The van der Waals surface area contributed by atoms with Gasteiger partial charge in [0.25, 0.3) is 5.91 Å². The van der Waals surface area contributed by atoms with E-state index in [2.05, 4.69) is 5.32 Å². The van der Waals surface area contributed by atoms with Gasteiger partial charge in [0.1, 0.15) is 23.9 Å². The molecule has 0 fully saturated rings. The molecule has 0 saturated carbocycles. The van der Waals surface area contributed by atoms with Crippen LogP contribution < -0.4 is 5.32 Å². The Morgan fingerprint density at radius 2 is 1.81 bits per heavy atom. The lowest BCUT2D eigenvalue weighted by atomic mass is 10.1. The van der Waals surface area contributed by atoms with Crippen LogP contribution in [0.15, 0.2) is 29.5 Å². The van der Waals surface area contributed by atoms with Gasteiger partial charge in [-0.25, -0.2) is 0 Å². The van der Waals surface area contributed by atoms with Gasteiger partial charge >= 0.3 is 0 Å². The summed E-state index contributed by atoms with van der Waals surface area (Å²) in [7, 11) is 3.21. The molecule has 1 amide bonds. The molecular weight excluding hydrogens is 290 g/mol. The molecule has 0 aromatic heterocycles. The minimum Gasteiger partial charge on any atom is -0.345 e. The summed E-state index contributed by atoms with van der Waals surface area (Å²) < 4.78 is 0. The summed E-state index contributed by atoms with van der Waals surface area (Å²) in [5.41, 5.74) is 0.204. The number of nitriles is 3. The third-order valence-electron chi connectivity index (χ3n) is 2.46. The number of hydrogen-bond donors (Lipinski definition) is 1. The molecule has 0 aliphatic rings. The summed E-state index contributed by atoms with van der Waals surface area (Å²) in [6, 6.07) is 9.46. The van der Waals surface area contributed by atoms with E-state index in [9.17, 15) is 4.79 Å². The van der Waals surface area contributed by atoms with Gasteiger partial charge in [0.05, 0.1) is 10.6 Å². The molecule has 0 heterocycles. The highest BCUT2D eigenvalue weighted by atomic mass is 35.5. The molecule has 0 spiro atoms. The fraction of sp³-hybridized carbons (Fsp3) is 0.143. The average Bonchev–Trinajstić information content (AvgIpc) is 2.46. The van der Waals surface area contributed by atoms with Crippen molar-refractivity contribution in [2.45, 2.75) is 0 Å². The van der Waals surface area contributed by atoms with Crippen LogP contribution in [0.2, 0.25) is 5.02 Å². The second-order valence-electron chi connectivity index (χ2n) is 4.10. The number of hydrogen-bond acceptors (Lipinski definition) is 5. The van der Waals surface area contributed by atoms with E-state index in [0.717, 1.165) is 0 Å². The fourth-order valence-electron chi connectivity index (χ4n) is 1.43. The van der Waals surface area contributed by atoms with E-state index in [1.165, 1.54) is 23.1 Å². The molecule has 7 heteroatoms. The van der Waals surface area contributed by atoms with Gasteiger partial charge in [0, 0.05) is 19.8 Å². The van der Waals surface area contributed by atoms with Crippen LogP contribution in [0.5, 0.6) is 0 Å². The number of rotatable bonds is 3. The lowest BCUT2D eigenvalue weighted by Crippen LogP contribution is -2.22. The minimum atomic E-state index is -0.331. The largest absolute Gasteiger partial charge is 0.345 e. The summed E-state index contributed by atoms with van der Waals surface area (Å²) in [6.45, 7) is 0. The molecule has 0 saturated heterocycles.